The van der Waals surface area contributed by atoms with Crippen LogP contribution in [0.3, 0.4) is 0 Å². The van der Waals surface area contributed by atoms with Gasteiger partial charge in [0, 0.05) is 0 Å². The minimum atomic E-state index is -1.03. The van der Waals surface area contributed by atoms with Crippen LogP contribution in [0.5, 0.6) is 5.75 Å². The predicted octanol–water partition coefficient (Wildman–Crippen LogP) is 2.11. The quantitative estimate of drug-likeness (QED) is 0.339. The maximum absolute atomic E-state index is 12.6. The smallest absolute Gasteiger partial charge is 0.408 e. The molecule has 0 aliphatic carbocycles. The number of primary amides is 1. The molecule has 0 aliphatic rings. The number of nitrogens with one attached hydrogen (secondary N) is 2. The fourth-order valence-electron chi connectivity index (χ4n) is 2.55. The van der Waals surface area contributed by atoms with Gasteiger partial charge in [0.1, 0.15) is 17.4 Å². The normalized spacial score (nSPS) is 12.1. The number of nitrogens with zero attached hydrogens (tertiary/aromatic N) is 1. The van der Waals surface area contributed by atoms with Crippen molar-refractivity contribution in [3.8, 4) is 5.75 Å². The first kappa shape index (κ1) is 26.3. The molecule has 0 saturated carbocycles. The summed E-state index contributed by atoms with van der Waals surface area (Å²) < 4.78 is 16.0. The number of amides is 3. The Bertz CT molecular complexity index is 971. The number of ether oxygens (including phenoxy) is 3. The van der Waals surface area contributed by atoms with E-state index in [9.17, 15) is 14.4 Å². The van der Waals surface area contributed by atoms with Gasteiger partial charge in [0.25, 0.3) is 11.8 Å². The Balaban J connectivity index is 1.94. The molecule has 0 bridgehead atoms. The van der Waals surface area contributed by atoms with Crippen LogP contribution in [0, 0.1) is 0 Å². The highest BCUT2D eigenvalue weighted by Gasteiger charge is 2.24. The van der Waals surface area contributed by atoms with Crippen LogP contribution in [0.2, 0.25) is 0 Å². The van der Waals surface area contributed by atoms with E-state index in [0.717, 1.165) is 5.56 Å². The van der Waals surface area contributed by atoms with Crippen LogP contribution in [0.15, 0.2) is 59.7 Å². The lowest BCUT2D eigenvalue weighted by molar-refractivity contribution is -0.125. The molecule has 2 rings (SSSR count). The number of hydrazone groups is 1. The maximum atomic E-state index is 12.6. The summed E-state index contributed by atoms with van der Waals surface area (Å²) in [5, 5.41) is 6.44. The molecule has 2 aromatic rings. The average molecular weight is 471 g/mol. The molecule has 10 nitrogen and oxygen atoms in total. The molecular weight excluding hydrogens is 440 g/mol. The third kappa shape index (κ3) is 10.6. The highest BCUT2D eigenvalue weighted by molar-refractivity contribution is 5.87. The average Bonchev–Trinajstić information content (AvgIpc) is 2.77. The molecule has 0 heterocycles. The Labute approximate surface area is 198 Å². The van der Waals surface area contributed by atoms with Crippen molar-refractivity contribution in [2.24, 2.45) is 10.8 Å². The van der Waals surface area contributed by atoms with Crippen molar-refractivity contribution in [3.63, 3.8) is 0 Å². The molecule has 0 radical (unpaired) electrons. The van der Waals surface area contributed by atoms with E-state index in [1.54, 1.807) is 45.0 Å². The molecule has 0 aliphatic heterocycles. The van der Waals surface area contributed by atoms with Crippen molar-refractivity contribution >= 4 is 24.1 Å². The minimum absolute atomic E-state index is 0.0820. The molecule has 182 valence electrons. The Morgan fingerprint density at radius 3 is 2.35 bits per heavy atom. The SMILES string of the molecule is CC(C)(C)OC(=O)N[C@@H](COCc1ccccc1)C(=O)N/N=C\c1ccc(OCC(N)=O)cc1. The summed E-state index contributed by atoms with van der Waals surface area (Å²) in [5.74, 6) is -0.676. The molecule has 0 fully saturated rings. The first-order valence-corrected chi connectivity index (χ1v) is 10.6. The lowest BCUT2D eigenvalue weighted by atomic mass is 10.2. The van der Waals surface area contributed by atoms with E-state index in [2.05, 4.69) is 15.8 Å². The Hall–Kier alpha value is -3.92. The Morgan fingerprint density at radius 1 is 1.06 bits per heavy atom. The van der Waals surface area contributed by atoms with Crippen LogP contribution in [-0.2, 0) is 25.7 Å². The Morgan fingerprint density at radius 2 is 1.74 bits per heavy atom. The number of hydrogen-bond donors (Lipinski definition) is 3. The van der Waals surface area contributed by atoms with Crippen molar-refractivity contribution in [3.05, 3.63) is 65.7 Å². The summed E-state index contributed by atoms with van der Waals surface area (Å²) in [6.07, 6.45) is 0.678. The molecular formula is C24H30N4O6. The van der Waals surface area contributed by atoms with Crippen molar-refractivity contribution in [1.29, 1.82) is 0 Å². The number of rotatable bonds is 11. The minimum Gasteiger partial charge on any atom is -0.484 e. The predicted molar refractivity (Wildman–Crippen MR) is 126 cm³/mol. The number of benzene rings is 2. The van der Waals surface area contributed by atoms with Crippen molar-refractivity contribution in [2.75, 3.05) is 13.2 Å². The summed E-state index contributed by atoms with van der Waals surface area (Å²) in [6.45, 7) is 5.14. The standard InChI is InChI=1S/C24H30N4O6/c1-24(2,3)34-23(31)27-20(15-32-14-18-7-5-4-6-8-18)22(30)28-26-13-17-9-11-19(12-10-17)33-16-21(25)29/h4-13,20H,14-16H2,1-3H3,(H2,25,29)(H,27,31)(H,28,30)/b26-13-/t20-/m0/s1. The molecule has 0 aromatic heterocycles. The number of carbonyl (C=O) groups excluding carboxylic acids is 3. The van der Waals surface area contributed by atoms with Crippen LogP contribution in [0.1, 0.15) is 31.9 Å². The summed E-state index contributed by atoms with van der Waals surface area (Å²) in [7, 11) is 0. The maximum Gasteiger partial charge on any atom is 0.408 e. The lowest BCUT2D eigenvalue weighted by Gasteiger charge is -2.22. The zero-order valence-corrected chi connectivity index (χ0v) is 19.4. The molecule has 4 N–H and O–H groups in total. The van der Waals surface area contributed by atoms with Crippen LogP contribution in [-0.4, -0.2) is 49.0 Å². The van der Waals surface area contributed by atoms with Gasteiger partial charge >= 0.3 is 6.09 Å². The lowest BCUT2D eigenvalue weighted by Crippen LogP contribution is -2.49. The van der Waals surface area contributed by atoms with E-state index >= 15 is 0 Å². The molecule has 0 saturated heterocycles. The van der Waals surface area contributed by atoms with E-state index in [1.165, 1.54) is 6.21 Å². The van der Waals surface area contributed by atoms with Gasteiger partial charge in [0.15, 0.2) is 6.61 Å². The largest absolute Gasteiger partial charge is 0.484 e. The van der Waals surface area contributed by atoms with Crippen molar-refractivity contribution in [2.45, 2.75) is 39.0 Å². The molecule has 34 heavy (non-hydrogen) atoms. The van der Waals surface area contributed by atoms with Crippen LogP contribution >= 0.6 is 0 Å². The van der Waals surface area contributed by atoms with Crippen LogP contribution in [0.4, 0.5) is 4.79 Å². The van der Waals surface area contributed by atoms with E-state index in [0.29, 0.717) is 11.3 Å². The van der Waals surface area contributed by atoms with Crippen molar-refractivity contribution < 1.29 is 28.6 Å². The van der Waals surface area contributed by atoms with E-state index < -0.39 is 29.6 Å². The van der Waals surface area contributed by atoms with Crippen molar-refractivity contribution in [1.82, 2.24) is 10.7 Å². The zero-order valence-electron chi connectivity index (χ0n) is 19.4. The second kappa shape index (κ2) is 12.9. The number of nitrogens with two attached hydrogens (primary N) is 1. The van der Waals surface area contributed by atoms with E-state index in [-0.39, 0.29) is 19.8 Å². The third-order valence-electron chi connectivity index (χ3n) is 4.05. The monoisotopic (exact) mass is 470 g/mol. The highest BCUT2D eigenvalue weighted by Crippen LogP contribution is 2.11. The molecule has 2 aromatic carbocycles. The van der Waals surface area contributed by atoms with Gasteiger partial charge in [-0.1, -0.05) is 30.3 Å². The Kier molecular flexibility index (Phi) is 10.0. The van der Waals surface area contributed by atoms with Gasteiger partial charge < -0.3 is 25.3 Å². The molecule has 0 spiro atoms. The second-order valence-corrected chi connectivity index (χ2v) is 8.26. The second-order valence-electron chi connectivity index (χ2n) is 8.26. The van der Waals surface area contributed by atoms with Gasteiger partial charge in [-0.15, -0.1) is 0 Å². The fraction of sp³-hybridized carbons (Fsp3) is 0.333. The van der Waals surface area contributed by atoms with Crippen LogP contribution < -0.4 is 21.2 Å². The van der Waals surface area contributed by atoms with Gasteiger partial charge in [0.2, 0.25) is 0 Å². The number of hydrogen-bond acceptors (Lipinski definition) is 7. The first-order chi connectivity index (χ1) is 16.1. The zero-order chi connectivity index (χ0) is 25.0. The van der Waals surface area contributed by atoms with Gasteiger partial charge in [-0.2, -0.15) is 5.10 Å². The number of carbonyl (C=O) groups is 3. The molecule has 10 heteroatoms. The fourth-order valence-corrected chi connectivity index (χ4v) is 2.55. The summed E-state index contributed by atoms with van der Waals surface area (Å²) in [5.41, 5.74) is 8.31. The first-order valence-electron chi connectivity index (χ1n) is 10.6. The summed E-state index contributed by atoms with van der Waals surface area (Å²) >= 11 is 0. The third-order valence-corrected chi connectivity index (χ3v) is 4.05. The molecule has 1 atom stereocenters. The van der Waals surface area contributed by atoms with Gasteiger partial charge in [-0.05, 0) is 56.2 Å². The molecule has 3 amide bonds. The van der Waals surface area contributed by atoms with E-state index in [4.69, 9.17) is 19.9 Å². The number of alkyl carbamates (subject to hydrolysis) is 1. The van der Waals surface area contributed by atoms with Gasteiger partial charge in [0.05, 0.1) is 19.4 Å². The van der Waals surface area contributed by atoms with Gasteiger partial charge in [-0.3, -0.25) is 9.59 Å². The molecule has 0 unspecified atom stereocenters. The summed E-state index contributed by atoms with van der Waals surface area (Å²) in [6, 6.07) is 15.1. The van der Waals surface area contributed by atoms with Crippen LogP contribution in [0.25, 0.3) is 0 Å². The topological polar surface area (TPSA) is 141 Å². The van der Waals surface area contributed by atoms with Gasteiger partial charge in [-0.25, -0.2) is 10.2 Å². The highest BCUT2D eigenvalue weighted by atomic mass is 16.6. The van der Waals surface area contributed by atoms with E-state index in [1.807, 2.05) is 30.3 Å². The summed E-state index contributed by atoms with van der Waals surface area (Å²) in [4.78, 5) is 35.6.